The van der Waals surface area contributed by atoms with E-state index < -0.39 is 0 Å². The summed E-state index contributed by atoms with van der Waals surface area (Å²) in [5.74, 6) is 5.12. The van der Waals surface area contributed by atoms with E-state index in [4.69, 9.17) is 0 Å². The lowest BCUT2D eigenvalue weighted by Crippen LogP contribution is -2.35. The molecule has 5 atom stereocenters. The third-order valence-corrected chi connectivity index (χ3v) is 9.51. The fourth-order valence-corrected chi connectivity index (χ4v) is 7.54. The largest absolute Gasteiger partial charge is 0.0917 e. The molecule has 4 rings (SSSR count). The van der Waals surface area contributed by atoms with Crippen molar-refractivity contribution in [3.8, 4) is 0 Å². The molecule has 1 aromatic carbocycles. The van der Waals surface area contributed by atoms with Crippen molar-refractivity contribution in [2.24, 2.45) is 29.6 Å². The molecule has 0 heteroatoms. The van der Waals surface area contributed by atoms with E-state index >= 15 is 0 Å². The molecule has 32 heavy (non-hydrogen) atoms. The number of rotatable bonds is 10. The lowest BCUT2D eigenvalue weighted by atomic mass is 9.61. The summed E-state index contributed by atoms with van der Waals surface area (Å²) in [7, 11) is 0. The summed E-state index contributed by atoms with van der Waals surface area (Å²) in [4.78, 5) is 0. The maximum absolute atomic E-state index is 2.58. The van der Waals surface area contributed by atoms with Crippen LogP contribution in [0, 0.1) is 29.6 Å². The average molecular weight is 435 g/mol. The molecule has 0 N–H and O–H groups in total. The summed E-state index contributed by atoms with van der Waals surface area (Å²) in [5, 5.41) is 0. The Bertz CT molecular complexity index is 713. The maximum atomic E-state index is 2.58. The van der Waals surface area contributed by atoms with E-state index in [1.165, 1.54) is 96.3 Å². The zero-order chi connectivity index (χ0) is 22.2. The summed E-state index contributed by atoms with van der Waals surface area (Å²) < 4.78 is 0. The van der Waals surface area contributed by atoms with Gasteiger partial charge in [-0.15, -0.1) is 0 Å². The summed E-state index contributed by atoms with van der Waals surface area (Å²) >= 11 is 0. The summed E-state index contributed by atoms with van der Waals surface area (Å²) in [6.45, 7) is 4.47. The third-order valence-electron chi connectivity index (χ3n) is 9.51. The van der Waals surface area contributed by atoms with Gasteiger partial charge in [0.15, 0.2) is 0 Å². The van der Waals surface area contributed by atoms with Crippen LogP contribution in [0.1, 0.15) is 120 Å². The van der Waals surface area contributed by atoms with Crippen molar-refractivity contribution in [2.45, 2.75) is 123 Å². The molecule has 1 aromatic rings. The van der Waals surface area contributed by atoms with Gasteiger partial charge in [0.2, 0.25) is 0 Å². The molecule has 0 spiro atoms. The number of hydrogen-bond donors (Lipinski definition) is 0. The molecule has 3 aliphatic rings. The van der Waals surface area contributed by atoms with Crippen molar-refractivity contribution in [1.29, 1.82) is 0 Å². The second-order valence-electron chi connectivity index (χ2n) is 11.7. The SMILES string of the molecule is C/C=C/CC[C@@H]1CC[C@@H]2CC(C3CCc4cc(CCCCCCC)ccc4C3)CCC2C1. The predicted octanol–water partition coefficient (Wildman–Crippen LogP) is 9.49. The highest BCUT2D eigenvalue weighted by Gasteiger charge is 2.38. The molecule has 0 aliphatic heterocycles. The van der Waals surface area contributed by atoms with E-state index in [-0.39, 0.29) is 0 Å². The smallest absolute Gasteiger partial charge is 0.0245 e. The summed E-state index contributed by atoms with van der Waals surface area (Å²) in [5.41, 5.74) is 5.00. The highest BCUT2D eigenvalue weighted by Crippen LogP contribution is 2.49. The Kier molecular flexibility index (Phi) is 9.36. The van der Waals surface area contributed by atoms with Gasteiger partial charge in [-0.2, -0.15) is 0 Å². The number of aryl methyl sites for hydroxylation is 2. The first-order chi connectivity index (χ1) is 15.8. The van der Waals surface area contributed by atoms with E-state index in [9.17, 15) is 0 Å². The van der Waals surface area contributed by atoms with Crippen LogP contribution in [0.4, 0.5) is 0 Å². The minimum absolute atomic E-state index is 0.968. The maximum Gasteiger partial charge on any atom is -0.0245 e. The normalized spacial score (nSPS) is 30.2. The molecular weight excluding hydrogens is 384 g/mol. The Labute approximate surface area is 199 Å². The van der Waals surface area contributed by atoms with E-state index in [0.717, 1.165) is 29.6 Å². The highest BCUT2D eigenvalue weighted by atomic mass is 14.4. The first-order valence-corrected chi connectivity index (χ1v) is 14.5. The van der Waals surface area contributed by atoms with Crippen LogP contribution in [0.25, 0.3) is 0 Å². The number of benzene rings is 1. The van der Waals surface area contributed by atoms with Crippen LogP contribution in [0.3, 0.4) is 0 Å². The topological polar surface area (TPSA) is 0 Å². The van der Waals surface area contributed by atoms with Gasteiger partial charge in [-0.1, -0.05) is 69.4 Å². The first-order valence-electron chi connectivity index (χ1n) is 14.5. The summed E-state index contributed by atoms with van der Waals surface area (Å²) in [6.07, 6.45) is 29.0. The van der Waals surface area contributed by atoms with Crippen molar-refractivity contribution in [2.75, 3.05) is 0 Å². The molecule has 0 heterocycles. The van der Waals surface area contributed by atoms with Crippen molar-refractivity contribution in [3.63, 3.8) is 0 Å². The molecule has 0 bridgehead atoms. The third kappa shape index (κ3) is 6.51. The lowest BCUT2D eigenvalue weighted by molar-refractivity contribution is 0.0699. The molecule has 0 aromatic heterocycles. The number of allylic oxidation sites excluding steroid dienone is 2. The van der Waals surface area contributed by atoms with Gasteiger partial charge in [-0.05, 0) is 130 Å². The Morgan fingerprint density at radius 3 is 2.44 bits per heavy atom. The Hall–Kier alpha value is -1.04. The molecule has 0 nitrogen and oxygen atoms in total. The molecule has 2 saturated carbocycles. The minimum Gasteiger partial charge on any atom is -0.0917 e. The van der Waals surface area contributed by atoms with Crippen LogP contribution in [-0.4, -0.2) is 0 Å². The minimum atomic E-state index is 0.968. The van der Waals surface area contributed by atoms with E-state index in [0.29, 0.717) is 0 Å². The zero-order valence-electron chi connectivity index (χ0n) is 21.3. The molecular formula is C32H50. The molecule has 178 valence electrons. The molecule has 0 amide bonds. The van der Waals surface area contributed by atoms with Crippen molar-refractivity contribution in [3.05, 3.63) is 47.0 Å². The van der Waals surface area contributed by atoms with E-state index in [2.05, 4.69) is 44.2 Å². The molecule has 0 radical (unpaired) electrons. The van der Waals surface area contributed by atoms with E-state index in [1.807, 2.05) is 0 Å². The van der Waals surface area contributed by atoms with Crippen molar-refractivity contribution in [1.82, 2.24) is 0 Å². The van der Waals surface area contributed by atoms with Gasteiger partial charge < -0.3 is 0 Å². The van der Waals surface area contributed by atoms with Crippen LogP contribution < -0.4 is 0 Å². The lowest BCUT2D eigenvalue weighted by Gasteiger charge is -2.45. The van der Waals surface area contributed by atoms with Crippen LogP contribution in [-0.2, 0) is 19.3 Å². The van der Waals surface area contributed by atoms with Crippen molar-refractivity contribution >= 4 is 0 Å². The molecule has 3 aliphatic carbocycles. The van der Waals surface area contributed by atoms with Crippen molar-refractivity contribution < 1.29 is 0 Å². The molecule has 0 saturated heterocycles. The average Bonchev–Trinajstić information content (AvgIpc) is 2.83. The zero-order valence-corrected chi connectivity index (χ0v) is 21.3. The van der Waals surface area contributed by atoms with Gasteiger partial charge in [0.1, 0.15) is 0 Å². The van der Waals surface area contributed by atoms with Gasteiger partial charge in [0.05, 0.1) is 0 Å². The number of fused-ring (bicyclic) bond motifs is 2. The molecule has 2 fully saturated rings. The number of hydrogen-bond acceptors (Lipinski definition) is 0. The van der Waals surface area contributed by atoms with Gasteiger partial charge >= 0.3 is 0 Å². The monoisotopic (exact) mass is 434 g/mol. The van der Waals surface area contributed by atoms with Crippen LogP contribution in [0.5, 0.6) is 0 Å². The van der Waals surface area contributed by atoms with Gasteiger partial charge in [-0.25, -0.2) is 0 Å². The predicted molar refractivity (Wildman–Crippen MR) is 140 cm³/mol. The quantitative estimate of drug-likeness (QED) is 0.254. The standard InChI is InChI=1S/C32H50/c1-3-5-7-8-10-12-26-14-16-30-24-32(20-18-28(30)22-26)31-19-17-27-21-25(11-9-6-4-2)13-15-29(27)23-31/h4,6,14,16,22,25,27,29,31-32H,3,5,7-13,15,17-21,23-24H2,1-2H3/b6-4+/t25-,27?,29-,31?,32?/m1/s1. The van der Waals surface area contributed by atoms with Crippen LogP contribution in [0.2, 0.25) is 0 Å². The second kappa shape index (κ2) is 12.4. The molecule has 3 unspecified atom stereocenters. The highest BCUT2D eigenvalue weighted by molar-refractivity contribution is 5.34. The Balaban J connectivity index is 1.24. The van der Waals surface area contributed by atoms with Crippen LogP contribution in [0.15, 0.2) is 30.4 Å². The summed E-state index contributed by atoms with van der Waals surface area (Å²) in [6, 6.07) is 7.56. The second-order valence-corrected chi connectivity index (χ2v) is 11.7. The van der Waals surface area contributed by atoms with Gasteiger partial charge in [-0.3, -0.25) is 0 Å². The number of unbranched alkanes of at least 4 members (excludes halogenated alkanes) is 4. The Morgan fingerprint density at radius 2 is 1.59 bits per heavy atom. The van der Waals surface area contributed by atoms with E-state index in [1.54, 1.807) is 29.5 Å². The fraction of sp³-hybridized carbons (Fsp3) is 0.750. The van der Waals surface area contributed by atoms with Gasteiger partial charge in [0.25, 0.3) is 0 Å². The fourth-order valence-electron chi connectivity index (χ4n) is 7.54. The Morgan fingerprint density at radius 1 is 0.812 bits per heavy atom. The van der Waals surface area contributed by atoms with Gasteiger partial charge in [0, 0.05) is 0 Å². The first kappa shape index (κ1) is 24.1. The van der Waals surface area contributed by atoms with Crippen LogP contribution >= 0.6 is 0 Å².